The van der Waals surface area contributed by atoms with Crippen LogP contribution in [0.1, 0.15) is 95.5 Å². The molecule has 2 radical (unpaired) electrons. The number of quaternary nitrogens is 4. The predicted octanol–water partition coefficient (Wildman–Crippen LogP) is -0.541. The second kappa shape index (κ2) is 22.2. The summed E-state index contributed by atoms with van der Waals surface area (Å²) in [7, 11) is 0. The molecule has 23 heteroatoms. The second-order valence-corrected chi connectivity index (χ2v) is 13.8. The van der Waals surface area contributed by atoms with Gasteiger partial charge >= 0.3 is 27.3 Å². The first kappa shape index (κ1) is 53.6. The van der Waals surface area contributed by atoms with E-state index in [0.717, 1.165) is 36.4 Å². The van der Waals surface area contributed by atoms with Crippen LogP contribution >= 0.6 is 0 Å². The van der Waals surface area contributed by atoms with E-state index in [1.54, 1.807) is 0 Å². The molecule has 22 N–H and O–H groups in total. The number of carbonyl (C=O) groups is 6. The molecule has 22 nitrogen and oxygen atoms in total. The third-order valence-electron chi connectivity index (χ3n) is 9.88. The molecule has 0 unspecified atom stereocenters. The molecular formula is C42H46N10O12Pb. The van der Waals surface area contributed by atoms with E-state index in [-0.39, 0.29) is 91.2 Å². The zero-order valence-corrected chi connectivity index (χ0v) is 39.5. The summed E-state index contributed by atoms with van der Waals surface area (Å²) in [5, 5.41) is 93.6. The van der Waals surface area contributed by atoms with Gasteiger partial charge in [0.2, 0.25) is 0 Å². The molecule has 6 amide bonds. The van der Waals surface area contributed by atoms with E-state index in [1.165, 1.54) is 36.4 Å². The Morgan fingerprint density at radius 2 is 0.523 bits per heavy atom. The van der Waals surface area contributed by atoms with E-state index < -0.39 is 103 Å². The molecule has 65 heavy (non-hydrogen) atoms. The number of nitrogens with one attached hydrogen (secondary N) is 6. The van der Waals surface area contributed by atoms with Crippen LogP contribution in [0.25, 0.3) is 0 Å². The fraction of sp³-hybridized carbons (Fsp3) is 0.143. The summed E-state index contributed by atoms with van der Waals surface area (Å²) >= 11 is 0. The van der Waals surface area contributed by atoms with Crippen LogP contribution < -0.4 is 87.1 Å². The molecule has 0 atom stereocenters. The number of benzene rings is 5. The summed E-state index contributed by atoms with van der Waals surface area (Å²) in [6, 6.07) is 15.2. The summed E-state index contributed by atoms with van der Waals surface area (Å²) in [5.74, 6) is -13.2. The Kier molecular flexibility index (Phi) is 18.3. The molecule has 0 spiro atoms. The van der Waals surface area contributed by atoms with Gasteiger partial charge in [0.25, 0.3) is 35.4 Å². The molecule has 13 rings (SSSR count). The van der Waals surface area contributed by atoms with E-state index in [9.17, 15) is 59.4 Å². The predicted molar refractivity (Wildman–Crippen MR) is 226 cm³/mol. The van der Waals surface area contributed by atoms with Crippen molar-refractivity contribution >= 4 is 62.7 Å². The largest absolute Gasteiger partial charge is 2.00 e. The first-order valence-corrected chi connectivity index (χ1v) is 18.1. The van der Waals surface area contributed by atoms with E-state index in [4.69, 9.17) is 0 Å². The van der Waals surface area contributed by atoms with Crippen molar-refractivity contribution in [1.29, 1.82) is 0 Å². The van der Waals surface area contributed by atoms with E-state index in [2.05, 4.69) is 31.9 Å². The van der Waals surface area contributed by atoms with Crippen molar-refractivity contribution in [3.63, 3.8) is 0 Å². The van der Waals surface area contributed by atoms with E-state index in [1.807, 2.05) is 0 Å². The Balaban J connectivity index is 0.00000290. The summed E-state index contributed by atoms with van der Waals surface area (Å²) in [6.45, 7) is -1.69. The second-order valence-electron chi connectivity index (χ2n) is 13.8. The molecule has 0 aromatic heterocycles. The van der Waals surface area contributed by atoms with Crippen molar-refractivity contribution in [2.24, 2.45) is 0 Å². The van der Waals surface area contributed by atoms with Crippen LogP contribution in [0.4, 0.5) is 0 Å². The molecule has 5 aromatic carbocycles. The Morgan fingerprint density at radius 3 is 0.800 bits per heavy atom. The minimum atomic E-state index is -1.25. The Hall–Kier alpha value is -7.52. The van der Waals surface area contributed by atoms with Crippen molar-refractivity contribution in [1.82, 2.24) is 56.5 Å². The van der Waals surface area contributed by atoms with Gasteiger partial charge in [0.1, 0.15) is 0 Å². The zero-order valence-electron chi connectivity index (χ0n) is 35.6. The smallest absolute Gasteiger partial charge is 0.872 e. The molecule has 8 aliphatic heterocycles. The van der Waals surface area contributed by atoms with Gasteiger partial charge in [-0.3, -0.25) is 28.8 Å². The minimum Gasteiger partial charge on any atom is -0.872 e. The molecule has 0 fully saturated rings. The fourth-order valence-electron chi connectivity index (χ4n) is 6.68. The maximum absolute atomic E-state index is 13.3. The van der Waals surface area contributed by atoms with Gasteiger partial charge in [0, 0.05) is 72.6 Å². The van der Waals surface area contributed by atoms with Crippen LogP contribution in [0.5, 0.6) is 34.5 Å². The molecule has 8 heterocycles. The normalized spacial score (nSPS) is 13.8. The molecule has 0 saturated heterocycles. The Bertz CT molecular complexity index is 2680. The molecule has 5 aromatic rings. The van der Waals surface area contributed by atoms with Gasteiger partial charge in [-0.1, -0.05) is 36.4 Å². The van der Waals surface area contributed by atoms with Gasteiger partial charge in [-0.2, -0.15) is 0 Å². The topological polar surface area (TPSA) is 459 Å². The van der Waals surface area contributed by atoms with Gasteiger partial charge in [-0.15, -0.1) is 34.5 Å². The van der Waals surface area contributed by atoms with E-state index >= 15 is 0 Å². The van der Waals surface area contributed by atoms with Crippen molar-refractivity contribution in [2.45, 2.75) is 39.3 Å². The molecular weight excluding hydrogens is 1040 g/mol. The summed E-state index contributed by atoms with van der Waals surface area (Å²) in [4.78, 5) is 79.3. The Morgan fingerprint density at radius 1 is 0.292 bits per heavy atom. The standard InChI is InChI=1S/C42H36N6O12.4H3N.Pb/c49-31-25-3-4-26(32(31)50)38(56)44-14-20-9-21-11-22(10-20)16-46-40(58)28-6-8-30(36(54)34(28)52)42(60)48-18-24-12-19(13-43-37(25)55)1-2-23(24)17-47-41(59)29-7-5-27(33(51)35(29)53)39(57)45-15-21;;;;;/h1-12,49-54H,13-18H2,(H,43,55)(H,44,56)(H,45,57)(H,46,58)(H,47,59)(H,48,60);4*1H3;/q;;;;;+2/p-2. The average Bonchev–Trinajstić information content (AvgIpc) is 3.23. The van der Waals surface area contributed by atoms with Crippen molar-refractivity contribution in [3.05, 3.63) is 140 Å². The quantitative estimate of drug-likeness (QED) is 0.0875. The molecule has 0 aliphatic carbocycles. The summed E-state index contributed by atoms with van der Waals surface area (Å²) < 4.78 is 0. The third-order valence-corrected chi connectivity index (χ3v) is 9.88. The zero-order chi connectivity index (χ0) is 42.8. The fourth-order valence-corrected chi connectivity index (χ4v) is 6.68. The van der Waals surface area contributed by atoms with Crippen molar-refractivity contribution < 1.29 is 59.4 Å². The van der Waals surface area contributed by atoms with Gasteiger partial charge in [-0.05, 0) is 69.8 Å². The third kappa shape index (κ3) is 11.2. The van der Waals surface area contributed by atoms with Gasteiger partial charge in [0.05, 0.1) is 0 Å². The number of hydrogen-bond donors (Lipinski definition) is 10. The number of amides is 6. The van der Waals surface area contributed by atoms with Gasteiger partial charge in [0.15, 0.2) is 0 Å². The van der Waals surface area contributed by atoms with Crippen LogP contribution in [0.2, 0.25) is 0 Å². The van der Waals surface area contributed by atoms with Crippen LogP contribution in [-0.2, 0) is 39.3 Å². The Labute approximate surface area is 390 Å². The van der Waals surface area contributed by atoms with Crippen LogP contribution in [0, 0.1) is 0 Å². The van der Waals surface area contributed by atoms with E-state index in [0.29, 0.717) is 33.4 Å². The minimum absolute atomic E-state index is 0. The number of rotatable bonds is 0. The first-order chi connectivity index (χ1) is 28.7. The maximum Gasteiger partial charge on any atom is 2.00 e. The average molecular weight is 1090 g/mol. The van der Waals surface area contributed by atoms with Crippen LogP contribution in [0.15, 0.2) is 72.8 Å². The first-order valence-electron chi connectivity index (χ1n) is 18.1. The maximum atomic E-state index is 13.3. The molecule has 8 aliphatic rings. The molecule has 0 saturated carbocycles. The number of carbonyl (C=O) groups excluding carboxylic acids is 6. The summed E-state index contributed by atoms with van der Waals surface area (Å²) in [6.07, 6.45) is 0. The monoisotopic (exact) mass is 1090 g/mol. The van der Waals surface area contributed by atoms with Crippen molar-refractivity contribution in [3.8, 4) is 34.5 Å². The van der Waals surface area contributed by atoms with Crippen LogP contribution in [-0.4, -0.2) is 62.7 Å². The van der Waals surface area contributed by atoms with Gasteiger partial charge in [-0.25, -0.2) is 0 Å². The molecule has 11 bridgehead atoms. The SMILES string of the molecule is O=C1NCc2cc3cc(c2)CNC(=O)c2ccc(c([O-])c2[O-])C(=O)NCc2cc(ccc2CNC(=O)c2ccc(c([O-])c2[O-])C(=O)NC3)CNC(=O)c2ccc1c([O-])c2[O-].[NH4+].[NH4+].[NH4+].[NH4+].[Pb+2]. The van der Waals surface area contributed by atoms with Crippen molar-refractivity contribution in [2.75, 3.05) is 0 Å². The number of hydrogen-bond acceptors (Lipinski definition) is 12. The van der Waals surface area contributed by atoms with Crippen LogP contribution in [0.3, 0.4) is 0 Å². The molecule has 340 valence electrons. The van der Waals surface area contributed by atoms with Gasteiger partial charge < -0.3 is 87.1 Å². The summed E-state index contributed by atoms with van der Waals surface area (Å²) in [5.41, 5.74) is -1.29.